The SMILES string of the molecule is CC(C)(C)C1=NN(c2ccccc2[N+](=O)[O-])C(=O)C1. The molecule has 0 bridgehead atoms. The summed E-state index contributed by atoms with van der Waals surface area (Å²) in [4.78, 5) is 22.5. The minimum absolute atomic E-state index is 0.116. The first-order valence-electron chi connectivity index (χ1n) is 5.95. The van der Waals surface area contributed by atoms with E-state index in [1.807, 2.05) is 20.8 Å². The van der Waals surface area contributed by atoms with Crippen molar-refractivity contribution in [2.75, 3.05) is 5.01 Å². The van der Waals surface area contributed by atoms with Crippen LogP contribution in [0.2, 0.25) is 0 Å². The van der Waals surface area contributed by atoms with E-state index in [9.17, 15) is 14.9 Å². The van der Waals surface area contributed by atoms with Crippen LogP contribution < -0.4 is 5.01 Å². The third-order valence-corrected chi connectivity index (χ3v) is 2.95. The summed E-state index contributed by atoms with van der Waals surface area (Å²) >= 11 is 0. The zero-order valence-electron chi connectivity index (χ0n) is 11.1. The number of anilines is 1. The zero-order valence-corrected chi connectivity index (χ0v) is 11.1. The smallest absolute Gasteiger partial charge is 0.272 e. The lowest BCUT2D eigenvalue weighted by Gasteiger charge is -2.16. The Labute approximate surface area is 110 Å². The fraction of sp³-hybridized carbons (Fsp3) is 0.385. The molecule has 6 nitrogen and oxygen atoms in total. The van der Waals surface area contributed by atoms with Crippen LogP contribution in [0.1, 0.15) is 27.2 Å². The Balaban J connectivity index is 2.46. The average Bonchev–Trinajstić information content (AvgIpc) is 2.71. The summed E-state index contributed by atoms with van der Waals surface area (Å²) in [6.07, 6.45) is 0.204. The number of carbonyl (C=O) groups is 1. The Morgan fingerprint density at radius 1 is 1.32 bits per heavy atom. The van der Waals surface area contributed by atoms with Gasteiger partial charge in [0, 0.05) is 11.5 Å². The van der Waals surface area contributed by atoms with E-state index in [0.29, 0.717) is 0 Å². The van der Waals surface area contributed by atoms with E-state index in [0.717, 1.165) is 10.7 Å². The number of para-hydroxylation sites is 2. The summed E-state index contributed by atoms with van der Waals surface area (Å²) in [6.45, 7) is 5.88. The van der Waals surface area contributed by atoms with Gasteiger partial charge in [0.25, 0.3) is 11.6 Å². The Kier molecular flexibility index (Phi) is 3.09. The molecule has 0 atom stereocenters. The van der Waals surface area contributed by atoms with Crippen molar-refractivity contribution in [3.8, 4) is 0 Å². The number of rotatable bonds is 2. The highest BCUT2D eigenvalue weighted by Crippen LogP contribution is 2.33. The van der Waals surface area contributed by atoms with E-state index in [2.05, 4.69) is 5.10 Å². The van der Waals surface area contributed by atoms with E-state index < -0.39 is 4.92 Å². The van der Waals surface area contributed by atoms with Gasteiger partial charge in [-0.05, 0) is 6.07 Å². The highest BCUT2D eigenvalue weighted by molar-refractivity contribution is 6.15. The predicted molar refractivity (Wildman–Crippen MR) is 72.1 cm³/mol. The van der Waals surface area contributed by atoms with E-state index in [1.54, 1.807) is 12.1 Å². The minimum atomic E-state index is -0.507. The van der Waals surface area contributed by atoms with Crippen molar-refractivity contribution in [2.24, 2.45) is 10.5 Å². The molecule has 0 spiro atoms. The molecule has 6 heteroatoms. The molecule has 1 aromatic rings. The Morgan fingerprint density at radius 3 is 2.47 bits per heavy atom. The molecule has 1 heterocycles. The van der Waals surface area contributed by atoms with Crippen molar-refractivity contribution < 1.29 is 9.72 Å². The maximum Gasteiger partial charge on any atom is 0.295 e. The van der Waals surface area contributed by atoms with Gasteiger partial charge in [0.05, 0.1) is 17.1 Å². The van der Waals surface area contributed by atoms with E-state index in [4.69, 9.17) is 0 Å². The molecule has 0 aliphatic carbocycles. The molecular weight excluding hydrogens is 246 g/mol. The molecule has 0 fully saturated rings. The molecule has 0 saturated carbocycles. The second-order valence-electron chi connectivity index (χ2n) is 5.42. The first-order chi connectivity index (χ1) is 8.80. The lowest BCUT2D eigenvalue weighted by Crippen LogP contribution is -2.21. The summed E-state index contributed by atoms with van der Waals surface area (Å²) in [5.74, 6) is -0.237. The van der Waals surface area contributed by atoms with Crippen molar-refractivity contribution >= 4 is 23.0 Å². The largest absolute Gasteiger partial charge is 0.295 e. The van der Waals surface area contributed by atoms with E-state index in [-0.39, 0.29) is 29.1 Å². The lowest BCUT2D eigenvalue weighted by atomic mass is 9.88. The monoisotopic (exact) mass is 261 g/mol. The fourth-order valence-electron chi connectivity index (χ4n) is 1.83. The molecule has 1 aromatic carbocycles. The Morgan fingerprint density at radius 2 is 1.95 bits per heavy atom. The summed E-state index contributed by atoms with van der Waals surface area (Å²) in [5.41, 5.74) is 0.607. The molecule has 0 saturated heterocycles. The van der Waals surface area contributed by atoms with Crippen molar-refractivity contribution in [1.82, 2.24) is 0 Å². The molecule has 0 N–H and O–H groups in total. The molecule has 0 aromatic heterocycles. The van der Waals surface area contributed by atoms with Gasteiger partial charge in [0.1, 0.15) is 5.69 Å². The second-order valence-corrected chi connectivity index (χ2v) is 5.42. The van der Waals surface area contributed by atoms with Crippen LogP contribution in [-0.4, -0.2) is 16.5 Å². The van der Waals surface area contributed by atoms with Crippen LogP contribution in [0.5, 0.6) is 0 Å². The molecule has 0 unspecified atom stereocenters. The molecule has 1 aliphatic heterocycles. The number of benzene rings is 1. The number of hydrogen-bond donors (Lipinski definition) is 0. The van der Waals surface area contributed by atoms with Gasteiger partial charge in [-0.3, -0.25) is 14.9 Å². The highest BCUT2D eigenvalue weighted by Gasteiger charge is 2.34. The Bertz CT molecular complexity index is 573. The average molecular weight is 261 g/mol. The lowest BCUT2D eigenvalue weighted by molar-refractivity contribution is -0.384. The Hall–Kier alpha value is -2.24. The van der Waals surface area contributed by atoms with Gasteiger partial charge in [0.15, 0.2) is 0 Å². The molecule has 19 heavy (non-hydrogen) atoms. The normalized spacial score (nSPS) is 15.6. The molecule has 1 amide bonds. The van der Waals surface area contributed by atoms with Crippen LogP contribution in [0.15, 0.2) is 29.4 Å². The van der Waals surface area contributed by atoms with E-state index >= 15 is 0 Å². The highest BCUT2D eigenvalue weighted by atomic mass is 16.6. The first kappa shape index (κ1) is 13.2. The van der Waals surface area contributed by atoms with Crippen molar-refractivity contribution in [3.05, 3.63) is 34.4 Å². The standard InChI is InChI=1S/C13H15N3O3/c1-13(2,3)11-8-12(17)15(14-11)9-6-4-5-7-10(9)16(18)19/h4-7H,8H2,1-3H3. The van der Waals surface area contributed by atoms with Crippen LogP contribution >= 0.6 is 0 Å². The van der Waals surface area contributed by atoms with Crippen LogP contribution in [-0.2, 0) is 4.79 Å². The van der Waals surface area contributed by atoms with Crippen LogP contribution in [0, 0.1) is 15.5 Å². The minimum Gasteiger partial charge on any atom is -0.272 e. The number of hydrazone groups is 1. The first-order valence-corrected chi connectivity index (χ1v) is 5.95. The molecule has 2 rings (SSSR count). The van der Waals surface area contributed by atoms with Crippen molar-refractivity contribution in [3.63, 3.8) is 0 Å². The summed E-state index contributed by atoms with van der Waals surface area (Å²) in [6, 6.07) is 6.12. The number of hydrogen-bond acceptors (Lipinski definition) is 4. The van der Waals surface area contributed by atoms with Crippen molar-refractivity contribution in [2.45, 2.75) is 27.2 Å². The third kappa shape index (κ3) is 2.47. The number of nitrogens with zero attached hydrogens (tertiary/aromatic N) is 3. The van der Waals surface area contributed by atoms with Gasteiger partial charge in [-0.1, -0.05) is 32.9 Å². The van der Waals surface area contributed by atoms with Gasteiger partial charge >= 0.3 is 0 Å². The fourth-order valence-corrected chi connectivity index (χ4v) is 1.83. The van der Waals surface area contributed by atoms with Crippen LogP contribution in [0.3, 0.4) is 0 Å². The number of amides is 1. The zero-order chi connectivity index (χ0) is 14.2. The topological polar surface area (TPSA) is 75.8 Å². The van der Waals surface area contributed by atoms with Crippen LogP contribution in [0.25, 0.3) is 0 Å². The molecule has 100 valence electrons. The second kappa shape index (κ2) is 4.46. The predicted octanol–water partition coefficient (Wildman–Crippen LogP) is 2.73. The van der Waals surface area contributed by atoms with Crippen molar-refractivity contribution in [1.29, 1.82) is 0 Å². The van der Waals surface area contributed by atoms with Gasteiger partial charge in [-0.2, -0.15) is 10.1 Å². The number of nitro benzene ring substituents is 1. The summed E-state index contributed by atoms with van der Waals surface area (Å²) in [5, 5.41) is 16.4. The summed E-state index contributed by atoms with van der Waals surface area (Å²) in [7, 11) is 0. The maximum absolute atomic E-state index is 12.0. The van der Waals surface area contributed by atoms with Gasteiger partial charge in [-0.15, -0.1) is 0 Å². The number of carbonyl (C=O) groups excluding carboxylic acids is 1. The van der Waals surface area contributed by atoms with Gasteiger partial charge in [0.2, 0.25) is 0 Å². The maximum atomic E-state index is 12.0. The van der Waals surface area contributed by atoms with E-state index in [1.165, 1.54) is 12.1 Å². The summed E-state index contributed by atoms with van der Waals surface area (Å²) < 4.78 is 0. The third-order valence-electron chi connectivity index (χ3n) is 2.95. The quantitative estimate of drug-likeness (QED) is 0.606. The molecule has 1 aliphatic rings. The molecular formula is C13H15N3O3. The van der Waals surface area contributed by atoms with Crippen LogP contribution in [0.4, 0.5) is 11.4 Å². The van der Waals surface area contributed by atoms with Gasteiger partial charge in [-0.25, -0.2) is 0 Å². The van der Waals surface area contributed by atoms with Gasteiger partial charge < -0.3 is 0 Å². The molecule has 0 radical (unpaired) electrons. The number of nitro groups is 1.